The van der Waals surface area contributed by atoms with Crippen molar-refractivity contribution in [3.63, 3.8) is 0 Å². The summed E-state index contributed by atoms with van der Waals surface area (Å²) in [5.74, 6) is 0.647. The number of ketones is 1. The van der Waals surface area contributed by atoms with E-state index in [-0.39, 0.29) is 11.2 Å². The van der Waals surface area contributed by atoms with E-state index in [9.17, 15) is 4.79 Å². The maximum atomic E-state index is 11.4. The molecule has 2 atom stereocenters. The van der Waals surface area contributed by atoms with Crippen LogP contribution in [-0.4, -0.2) is 11.2 Å². The van der Waals surface area contributed by atoms with Gasteiger partial charge in [-0.1, -0.05) is 6.07 Å². The molecule has 70 valence electrons. The lowest BCUT2D eigenvalue weighted by molar-refractivity contribution is -0.120. The zero-order chi connectivity index (χ0) is 9.26. The Bertz CT molecular complexity index is 294. The van der Waals surface area contributed by atoms with Gasteiger partial charge >= 0.3 is 0 Å². The van der Waals surface area contributed by atoms with E-state index < -0.39 is 0 Å². The highest BCUT2D eigenvalue weighted by atomic mass is 35.5. The Morgan fingerprint density at radius 2 is 2.31 bits per heavy atom. The smallest absolute Gasteiger partial charge is 0.151 e. The minimum atomic E-state index is -0.226. The number of thiophene rings is 1. The van der Waals surface area contributed by atoms with Crippen LogP contribution in [0.3, 0.4) is 0 Å². The average Bonchev–Trinajstić information content (AvgIpc) is 2.62. The van der Waals surface area contributed by atoms with Crippen LogP contribution in [0.25, 0.3) is 0 Å². The molecule has 0 saturated heterocycles. The van der Waals surface area contributed by atoms with Gasteiger partial charge < -0.3 is 0 Å². The SMILES string of the molecule is O=C1CC(c2cccs2)CCC1Cl. The van der Waals surface area contributed by atoms with Gasteiger partial charge in [0.2, 0.25) is 0 Å². The summed E-state index contributed by atoms with van der Waals surface area (Å²) in [7, 11) is 0. The number of rotatable bonds is 1. The zero-order valence-corrected chi connectivity index (χ0v) is 8.77. The van der Waals surface area contributed by atoms with Crippen molar-refractivity contribution in [2.75, 3.05) is 0 Å². The molecular weight excluding hydrogens is 204 g/mol. The fourth-order valence-corrected chi connectivity index (χ4v) is 2.83. The summed E-state index contributed by atoms with van der Waals surface area (Å²) in [6.07, 6.45) is 2.53. The van der Waals surface area contributed by atoms with Gasteiger partial charge in [0.25, 0.3) is 0 Å². The highest BCUT2D eigenvalue weighted by Crippen LogP contribution is 2.34. The number of hydrogen-bond donors (Lipinski definition) is 0. The van der Waals surface area contributed by atoms with Gasteiger partial charge in [0.05, 0.1) is 5.38 Å². The first-order valence-electron chi connectivity index (χ1n) is 4.47. The number of halogens is 1. The van der Waals surface area contributed by atoms with Crippen LogP contribution in [0.1, 0.15) is 30.1 Å². The molecule has 0 aromatic carbocycles. The van der Waals surface area contributed by atoms with E-state index in [1.807, 2.05) is 6.07 Å². The van der Waals surface area contributed by atoms with Crippen LogP contribution < -0.4 is 0 Å². The van der Waals surface area contributed by atoms with Crippen LogP contribution in [0.2, 0.25) is 0 Å². The molecule has 1 aromatic rings. The van der Waals surface area contributed by atoms with Crippen molar-refractivity contribution in [1.82, 2.24) is 0 Å². The molecule has 3 heteroatoms. The van der Waals surface area contributed by atoms with Crippen molar-refractivity contribution in [2.45, 2.75) is 30.6 Å². The Hall–Kier alpha value is -0.340. The number of Topliss-reactive ketones (excluding diaryl/α,β-unsaturated/α-hetero) is 1. The van der Waals surface area contributed by atoms with E-state index in [4.69, 9.17) is 11.6 Å². The Labute approximate surface area is 86.7 Å². The predicted molar refractivity (Wildman–Crippen MR) is 55.6 cm³/mol. The second kappa shape index (κ2) is 3.81. The first kappa shape index (κ1) is 9.22. The molecule has 0 spiro atoms. The second-order valence-corrected chi connectivity index (χ2v) is 4.93. The van der Waals surface area contributed by atoms with Gasteiger partial charge in [-0.2, -0.15) is 0 Å². The van der Waals surface area contributed by atoms with E-state index in [1.165, 1.54) is 4.88 Å². The highest BCUT2D eigenvalue weighted by Gasteiger charge is 2.28. The van der Waals surface area contributed by atoms with E-state index >= 15 is 0 Å². The molecule has 0 N–H and O–H groups in total. The molecule has 1 heterocycles. The molecular formula is C10H11ClOS. The third-order valence-electron chi connectivity index (χ3n) is 2.51. The van der Waals surface area contributed by atoms with Crippen molar-refractivity contribution in [3.05, 3.63) is 22.4 Å². The molecule has 13 heavy (non-hydrogen) atoms. The molecule has 1 fully saturated rings. The first-order valence-corrected chi connectivity index (χ1v) is 5.79. The van der Waals surface area contributed by atoms with E-state index in [0.717, 1.165) is 12.8 Å². The van der Waals surface area contributed by atoms with Crippen LogP contribution in [-0.2, 0) is 4.79 Å². The summed E-state index contributed by atoms with van der Waals surface area (Å²) in [4.78, 5) is 12.7. The molecule has 0 radical (unpaired) electrons. The summed E-state index contributed by atoms with van der Waals surface area (Å²) in [6, 6.07) is 4.15. The largest absolute Gasteiger partial charge is 0.298 e. The molecule has 1 saturated carbocycles. The Morgan fingerprint density at radius 1 is 1.46 bits per heavy atom. The maximum Gasteiger partial charge on any atom is 0.151 e. The van der Waals surface area contributed by atoms with Crippen LogP contribution in [0.15, 0.2) is 17.5 Å². The molecule has 2 rings (SSSR count). The number of carbonyl (C=O) groups excluding carboxylic acids is 1. The maximum absolute atomic E-state index is 11.4. The summed E-state index contributed by atoms with van der Waals surface area (Å²) in [5.41, 5.74) is 0. The average molecular weight is 215 g/mol. The third-order valence-corrected chi connectivity index (χ3v) is 4.01. The van der Waals surface area contributed by atoms with Gasteiger partial charge in [0.15, 0.2) is 5.78 Å². The lowest BCUT2D eigenvalue weighted by atomic mass is 9.87. The van der Waals surface area contributed by atoms with E-state index in [2.05, 4.69) is 11.4 Å². The molecule has 0 aliphatic heterocycles. The number of carbonyl (C=O) groups is 1. The van der Waals surface area contributed by atoms with Gasteiger partial charge in [-0.3, -0.25) is 4.79 Å². The number of hydrogen-bond acceptors (Lipinski definition) is 2. The van der Waals surface area contributed by atoms with Crippen molar-refractivity contribution in [2.24, 2.45) is 0 Å². The van der Waals surface area contributed by atoms with E-state index in [1.54, 1.807) is 11.3 Å². The van der Waals surface area contributed by atoms with Crippen molar-refractivity contribution in [3.8, 4) is 0 Å². The van der Waals surface area contributed by atoms with Crippen molar-refractivity contribution in [1.29, 1.82) is 0 Å². The van der Waals surface area contributed by atoms with Gasteiger partial charge in [-0.15, -0.1) is 22.9 Å². The quantitative estimate of drug-likeness (QED) is 0.657. The summed E-state index contributed by atoms with van der Waals surface area (Å²) < 4.78 is 0. The van der Waals surface area contributed by atoms with Crippen molar-refractivity contribution >= 4 is 28.7 Å². The number of alkyl halides is 1. The monoisotopic (exact) mass is 214 g/mol. The minimum Gasteiger partial charge on any atom is -0.298 e. The fourth-order valence-electron chi connectivity index (χ4n) is 1.75. The molecule has 1 aliphatic carbocycles. The molecule has 0 bridgehead atoms. The van der Waals surface area contributed by atoms with Crippen LogP contribution in [0, 0.1) is 0 Å². The Balaban J connectivity index is 2.08. The second-order valence-electron chi connectivity index (χ2n) is 3.43. The standard InChI is InChI=1S/C10H11ClOS/c11-8-4-3-7(6-9(8)12)10-2-1-5-13-10/h1-2,5,7-8H,3-4,6H2. The lowest BCUT2D eigenvalue weighted by Gasteiger charge is -2.22. The van der Waals surface area contributed by atoms with Crippen LogP contribution >= 0.6 is 22.9 Å². The molecule has 0 amide bonds. The molecule has 2 unspecified atom stereocenters. The molecule has 1 aromatic heterocycles. The fraction of sp³-hybridized carbons (Fsp3) is 0.500. The van der Waals surface area contributed by atoms with Crippen molar-refractivity contribution < 1.29 is 4.79 Å². The van der Waals surface area contributed by atoms with Gasteiger partial charge in [-0.25, -0.2) is 0 Å². The van der Waals surface area contributed by atoms with Gasteiger partial charge in [0.1, 0.15) is 0 Å². The summed E-state index contributed by atoms with van der Waals surface area (Å²) in [5, 5.41) is 1.84. The molecule has 1 aliphatic rings. The Morgan fingerprint density at radius 3 is 2.92 bits per heavy atom. The summed E-state index contributed by atoms with van der Waals surface area (Å²) >= 11 is 7.59. The van der Waals surface area contributed by atoms with Crippen LogP contribution in [0.5, 0.6) is 0 Å². The summed E-state index contributed by atoms with van der Waals surface area (Å²) in [6.45, 7) is 0. The van der Waals surface area contributed by atoms with Crippen LogP contribution in [0.4, 0.5) is 0 Å². The lowest BCUT2D eigenvalue weighted by Crippen LogP contribution is -2.23. The third kappa shape index (κ3) is 1.94. The Kier molecular flexibility index (Phi) is 2.70. The normalized spacial score (nSPS) is 29.2. The van der Waals surface area contributed by atoms with Gasteiger partial charge in [-0.05, 0) is 24.3 Å². The topological polar surface area (TPSA) is 17.1 Å². The zero-order valence-electron chi connectivity index (χ0n) is 7.20. The first-order chi connectivity index (χ1) is 6.27. The van der Waals surface area contributed by atoms with Gasteiger partial charge in [0, 0.05) is 17.2 Å². The minimum absolute atomic E-state index is 0.214. The van der Waals surface area contributed by atoms with E-state index in [0.29, 0.717) is 12.3 Å². The molecule has 1 nitrogen and oxygen atoms in total. The predicted octanol–water partition coefficient (Wildman–Crippen LogP) is 3.19. The highest BCUT2D eigenvalue weighted by molar-refractivity contribution is 7.10.